The molecule has 18 heavy (non-hydrogen) atoms. The summed E-state index contributed by atoms with van der Waals surface area (Å²) in [5.41, 5.74) is 2.38. The lowest BCUT2D eigenvalue weighted by atomic mass is 10.2. The minimum Gasteiger partial charge on any atom is -0.464 e. The summed E-state index contributed by atoms with van der Waals surface area (Å²) >= 11 is 0. The van der Waals surface area contributed by atoms with Crippen LogP contribution in [-0.4, -0.2) is 41.3 Å². The van der Waals surface area contributed by atoms with E-state index in [4.69, 9.17) is 15.3 Å². The van der Waals surface area contributed by atoms with E-state index >= 15 is 0 Å². The molecule has 1 unspecified atom stereocenters. The highest BCUT2D eigenvalue weighted by Gasteiger charge is 2.11. The predicted octanol–water partition coefficient (Wildman–Crippen LogP) is 0.393. The van der Waals surface area contributed by atoms with Gasteiger partial charge in [-0.3, -0.25) is 5.43 Å². The number of hydrogen-bond donors (Lipinski definition) is 3. The summed E-state index contributed by atoms with van der Waals surface area (Å²) in [5.74, 6) is 5.96. The molecule has 8 heteroatoms. The number of nitrogens with one attached hydrogen (secondary N) is 2. The van der Waals surface area contributed by atoms with Gasteiger partial charge in [0.1, 0.15) is 0 Å². The normalized spacial score (nSPS) is 12.0. The van der Waals surface area contributed by atoms with Crippen molar-refractivity contribution < 1.29 is 9.47 Å². The van der Waals surface area contributed by atoms with Gasteiger partial charge in [-0.15, -0.1) is 0 Å². The predicted molar refractivity (Wildman–Crippen MR) is 68.4 cm³/mol. The molecule has 1 aromatic heterocycles. The van der Waals surface area contributed by atoms with Gasteiger partial charge >= 0.3 is 6.01 Å². The summed E-state index contributed by atoms with van der Waals surface area (Å²) in [6.45, 7) is 4.94. The van der Waals surface area contributed by atoms with Crippen LogP contribution >= 0.6 is 0 Å². The first-order valence-electron chi connectivity index (χ1n) is 5.84. The Morgan fingerprint density at radius 2 is 1.94 bits per heavy atom. The van der Waals surface area contributed by atoms with E-state index in [9.17, 15) is 0 Å². The number of nitrogen functional groups attached to an aromatic ring is 1. The third-order valence-corrected chi connectivity index (χ3v) is 2.21. The van der Waals surface area contributed by atoms with Gasteiger partial charge in [-0.05, 0) is 13.3 Å². The number of aromatic nitrogens is 3. The van der Waals surface area contributed by atoms with Crippen LogP contribution < -0.4 is 21.3 Å². The Hall–Kier alpha value is -1.67. The van der Waals surface area contributed by atoms with Crippen molar-refractivity contribution in [2.24, 2.45) is 5.84 Å². The molecule has 0 amide bonds. The van der Waals surface area contributed by atoms with Gasteiger partial charge in [0.2, 0.25) is 11.9 Å². The number of rotatable bonds is 8. The molecule has 0 aliphatic carbocycles. The molecule has 1 atom stereocenters. The minimum atomic E-state index is 0.123. The standard InChI is InChI=1S/C10H20N6O2/c1-4-7(6-17-3)12-8-13-9(16-11)15-10(14-8)18-5-2/h7H,4-6,11H2,1-3H3,(H2,12,13,14,15,16). The van der Waals surface area contributed by atoms with Gasteiger partial charge in [-0.25, -0.2) is 5.84 Å². The molecule has 1 heterocycles. The van der Waals surface area contributed by atoms with Crippen molar-refractivity contribution in [1.82, 2.24) is 15.0 Å². The maximum Gasteiger partial charge on any atom is 0.323 e. The van der Waals surface area contributed by atoms with Crippen molar-refractivity contribution in [2.75, 3.05) is 31.1 Å². The Bertz CT molecular complexity index is 362. The number of anilines is 2. The topological polar surface area (TPSA) is 107 Å². The Kier molecular flexibility index (Phi) is 6.09. The van der Waals surface area contributed by atoms with E-state index in [1.807, 2.05) is 13.8 Å². The summed E-state index contributed by atoms with van der Waals surface area (Å²) in [6, 6.07) is 0.354. The van der Waals surface area contributed by atoms with E-state index in [1.165, 1.54) is 0 Å². The van der Waals surface area contributed by atoms with E-state index in [2.05, 4.69) is 25.7 Å². The lowest BCUT2D eigenvalue weighted by Crippen LogP contribution is -2.26. The summed E-state index contributed by atoms with van der Waals surface area (Å²) in [6.07, 6.45) is 0.884. The second kappa shape index (κ2) is 7.62. The van der Waals surface area contributed by atoms with Crippen LogP contribution in [0.4, 0.5) is 11.9 Å². The van der Waals surface area contributed by atoms with Gasteiger partial charge in [0.15, 0.2) is 0 Å². The summed E-state index contributed by atoms with van der Waals surface area (Å²) in [4.78, 5) is 12.2. The molecule has 1 rings (SSSR count). The molecule has 0 saturated carbocycles. The fourth-order valence-electron chi connectivity index (χ4n) is 1.32. The second-order valence-corrected chi connectivity index (χ2v) is 3.55. The lowest BCUT2D eigenvalue weighted by molar-refractivity contribution is 0.184. The van der Waals surface area contributed by atoms with Crippen LogP contribution in [-0.2, 0) is 4.74 Å². The van der Waals surface area contributed by atoms with Crippen LogP contribution in [0.25, 0.3) is 0 Å². The molecule has 0 fully saturated rings. The molecule has 102 valence electrons. The first-order chi connectivity index (χ1) is 8.73. The van der Waals surface area contributed by atoms with Crippen molar-refractivity contribution in [3.05, 3.63) is 0 Å². The number of nitrogens with zero attached hydrogens (tertiary/aromatic N) is 3. The summed E-state index contributed by atoms with van der Waals surface area (Å²) in [5, 5.41) is 3.14. The van der Waals surface area contributed by atoms with Gasteiger partial charge in [-0.1, -0.05) is 6.92 Å². The molecular weight excluding hydrogens is 236 g/mol. The third kappa shape index (κ3) is 4.30. The monoisotopic (exact) mass is 256 g/mol. The van der Waals surface area contributed by atoms with Gasteiger partial charge in [-0.2, -0.15) is 15.0 Å². The molecule has 0 aliphatic heterocycles. The quantitative estimate of drug-likeness (QED) is 0.453. The van der Waals surface area contributed by atoms with Gasteiger partial charge in [0.05, 0.1) is 19.3 Å². The largest absolute Gasteiger partial charge is 0.464 e. The molecule has 0 saturated heterocycles. The third-order valence-electron chi connectivity index (χ3n) is 2.21. The van der Waals surface area contributed by atoms with E-state index < -0.39 is 0 Å². The van der Waals surface area contributed by atoms with Crippen LogP contribution in [0.1, 0.15) is 20.3 Å². The maximum atomic E-state index is 5.29. The molecule has 0 aliphatic rings. The highest BCUT2D eigenvalue weighted by molar-refractivity contribution is 5.35. The van der Waals surface area contributed by atoms with Crippen LogP contribution in [0, 0.1) is 0 Å². The Balaban J connectivity index is 2.82. The Labute approximate surface area is 106 Å². The van der Waals surface area contributed by atoms with Gasteiger partial charge < -0.3 is 14.8 Å². The highest BCUT2D eigenvalue weighted by Crippen LogP contribution is 2.12. The van der Waals surface area contributed by atoms with Crippen molar-refractivity contribution in [2.45, 2.75) is 26.3 Å². The number of hydrazine groups is 1. The first kappa shape index (κ1) is 14.4. The van der Waals surface area contributed by atoms with Gasteiger partial charge in [0.25, 0.3) is 0 Å². The van der Waals surface area contributed by atoms with Crippen molar-refractivity contribution in [3.8, 4) is 6.01 Å². The molecule has 0 bridgehead atoms. The van der Waals surface area contributed by atoms with Crippen LogP contribution in [0.5, 0.6) is 6.01 Å². The molecule has 0 aromatic carbocycles. The minimum absolute atomic E-state index is 0.123. The van der Waals surface area contributed by atoms with Crippen LogP contribution in [0.3, 0.4) is 0 Å². The second-order valence-electron chi connectivity index (χ2n) is 3.55. The molecule has 0 radical (unpaired) electrons. The fourth-order valence-corrected chi connectivity index (χ4v) is 1.32. The van der Waals surface area contributed by atoms with E-state index in [-0.39, 0.29) is 18.0 Å². The van der Waals surface area contributed by atoms with Crippen LogP contribution in [0.2, 0.25) is 0 Å². The van der Waals surface area contributed by atoms with Crippen molar-refractivity contribution >= 4 is 11.9 Å². The molecule has 0 spiro atoms. The number of methoxy groups -OCH3 is 1. The average molecular weight is 256 g/mol. The van der Waals surface area contributed by atoms with Gasteiger partial charge in [0, 0.05) is 7.11 Å². The van der Waals surface area contributed by atoms with E-state index in [0.29, 0.717) is 19.2 Å². The van der Waals surface area contributed by atoms with Crippen molar-refractivity contribution in [3.63, 3.8) is 0 Å². The zero-order valence-electron chi connectivity index (χ0n) is 10.9. The highest BCUT2D eigenvalue weighted by atomic mass is 16.5. The number of nitrogens with two attached hydrogens (primary N) is 1. The number of ether oxygens (including phenoxy) is 2. The fraction of sp³-hybridized carbons (Fsp3) is 0.700. The Morgan fingerprint density at radius 3 is 2.50 bits per heavy atom. The summed E-state index contributed by atoms with van der Waals surface area (Å²) in [7, 11) is 1.65. The zero-order chi connectivity index (χ0) is 13.4. The molecule has 8 nitrogen and oxygen atoms in total. The molecular formula is C10H20N6O2. The summed E-state index contributed by atoms with van der Waals surface area (Å²) < 4.78 is 10.3. The molecule has 1 aromatic rings. The molecule has 4 N–H and O–H groups in total. The maximum absolute atomic E-state index is 5.29. The SMILES string of the molecule is CCOc1nc(NN)nc(NC(CC)COC)n1. The number of hydrogen-bond acceptors (Lipinski definition) is 8. The van der Waals surface area contributed by atoms with Crippen molar-refractivity contribution in [1.29, 1.82) is 0 Å². The lowest BCUT2D eigenvalue weighted by Gasteiger charge is -2.16. The first-order valence-corrected chi connectivity index (χ1v) is 5.84. The van der Waals surface area contributed by atoms with Crippen LogP contribution in [0.15, 0.2) is 0 Å². The van der Waals surface area contributed by atoms with E-state index in [0.717, 1.165) is 6.42 Å². The Morgan fingerprint density at radius 1 is 1.22 bits per heavy atom. The zero-order valence-corrected chi connectivity index (χ0v) is 10.9. The average Bonchev–Trinajstić information content (AvgIpc) is 2.38. The van der Waals surface area contributed by atoms with E-state index in [1.54, 1.807) is 7.11 Å². The smallest absolute Gasteiger partial charge is 0.323 e.